The Labute approximate surface area is 128 Å². The first-order valence-electron chi connectivity index (χ1n) is 7.08. The summed E-state index contributed by atoms with van der Waals surface area (Å²) in [4.78, 5) is 24.2. The Morgan fingerprint density at radius 3 is 2.86 bits per heavy atom. The molecule has 0 radical (unpaired) electrons. The van der Waals surface area contributed by atoms with E-state index in [1.165, 1.54) is 6.20 Å². The van der Waals surface area contributed by atoms with Crippen molar-refractivity contribution in [3.63, 3.8) is 0 Å². The first kappa shape index (κ1) is 14.1. The summed E-state index contributed by atoms with van der Waals surface area (Å²) in [6.45, 7) is 4.00. The monoisotopic (exact) mass is 305 g/mol. The Kier molecular flexibility index (Phi) is 3.68. The Morgan fingerprint density at radius 2 is 2.24 bits per heavy atom. The van der Waals surface area contributed by atoms with Crippen molar-refractivity contribution in [2.24, 2.45) is 5.92 Å². The number of halogens is 1. The fourth-order valence-corrected chi connectivity index (χ4v) is 2.84. The number of nitriles is 1. The predicted octanol–water partition coefficient (Wildman–Crippen LogP) is 1.45. The Hall–Kier alpha value is -1.87. The van der Waals surface area contributed by atoms with Gasteiger partial charge in [-0.2, -0.15) is 10.2 Å². The average Bonchev–Trinajstić information content (AvgIpc) is 3.31. The van der Waals surface area contributed by atoms with E-state index in [-0.39, 0.29) is 23.2 Å². The molecule has 2 aliphatic rings. The molecule has 0 bridgehead atoms. The van der Waals surface area contributed by atoms with Gasteiger partial charge in [0.05, 0.1) is 6.20 Å². The van der Waals surface area contributed by atoms with Crippen LogP contribution in [0.1, 0.15) is 25.3 Å². The maximum absolute atomic E-state index is 12.2. The maximum Gasteiger partial charge on any atom is 0.226 e. The highest BCUT2D eigenvalue weighted by atomic mass is 35.5. The summed E-state index contributed by atoms with van der Waals surface area (Å²) < 4.78 is 0. The molecule has 0 N–H and O–H groups in total. The fraction of sp³-hybridized carbons (Fsp3) is 0.571. The molecule has 2 heterocycles. The number of hydrogen-bond acceptors (Lipinski definition) is 5. The average molecular weight is 306 g/mol. The van der Waals surface area contributed by atoms with E-state index >= 15 is 0 Å². The summed E-state index contributed by atoms with van der Waals surface area (Å²) in [5.41, 5.74) is 0.411. The zero-order valence-electron chi connectivity index (χ0n) is 11.8. The number of carbonyl (C=O) groups is 1. The predicted molar refractivity (Wildman–Crippen MR) is 77.9 cm³/mol. The lowest BCUT2D eigenvalue weighted by Crippen LogP contribution is -2.54. The van der Waals surface area contributed by atoms with Crippen molar-refractivity contribution in [1.82, 2.24) is 14.9 Å². The van der Waals surface area contributed by atoms with Crippen molar-refractivity contribution in [3.05, 3.63) is 17.0 Å². The summed E-state index contributed by atoms with van der Waals surface area (Å²) in [5.74, 6) is 1.06. The number of hydrogen-bond donors (Lipinski definition) is 0. The molecular weight excluding hydrogens is 290 g/mol. The number of aromatic nitrogens is 2. The summed E-state index contributed by atoms with van der Waals surface area (Å²) in [6.07, 6.45) is 3.48. The van der Waals surface area contributed by atoms with Gasteiger partial charge in [0, 0.05) is 31.6 Å². The summed E-state index contributed by atoms with van der Waals surface area (Å²) in [5, 5.41) is 9.30. The minimum absolute atomic E-state index is 0.104. The molecule has 2 fully saturated rings. The van der Waals surface area contributed by atoms with Crippen molar-refractivity contribution < 1.29 is 4.79 Å². The number of nitrogens with zero attached hydrogens (tertiary/aromatic N) is 5. The third-order valence-corrected chi connectivity index (χ3v) is 4.18. The van der Waals surface area contributed by atoms with E-state index in [0.717, 1.165) is 12.8 Å². The molecule has 0 unspecified atom stereocenters. The first-order valence-corrected chi connectivity index (χ1v) is 7.46. The quantitative estimate of drug-likeness (QED) is 0.773. The molecule has 3 rings (SSSR count). The van der Waals surface area contributed by atoms with Gasteiger partial charge in [-0.25, -0.2) is 4.98 Å². The fourth-order valence-electron chi connectivity index (χ4n) is 2.71. The second-order valence-electron chi connectivity index (χ2n) is 5.59. The van der Waals surface area contributed by atoms with Crippen molar-refractivity contribution in [3.8, 4) is 6.07 Å². The molecule has 1 atom stereocenters. The number of rotatable bonds is 2. The molecule has 1 saturated heterocycles. The summed E-state index contributed by atoms with van der Waals surface area (Å²) >= 11 is 5.84. The van der Waals surface area contributed by atoms with E-state index in [4.69, 9.17) is 16.9 Å². The SMILES string of the molecule is C[C@@H]1CN(c2nc(Cl)ncc2C#N)CCN1C(=O)C1CC1. The van der Waals surface area contributed by atoms with E-state index in [1.54, 1.807) is 0 Å². The standard InChI is InChI=1S/C14H16ClN5O/c1-9-8-19(4-5-20(9)13(21)10-2-3-10)12-11(6-16)7-17-14(15)18-12/h7,9-10H,2-5,8H2,1H3/t9-/m1/s1. The van der Waals surface area contributed by atoms with E-state index in [0.29, 0.717) is 31.0 Å². The molecule has 1 aromatic rings. The third kappa shape index (κ3) is 2.79. The summed E-state index contributed by atoms with van der Waals surface area (Å²) in [6, 6.07) is 2.20. The maximum atomic E-state index is 12.2. The van der Waals surface area contributed by atoms with Crippen LogP contribution >= 0.6 is 11.6 Å². The van der Waals surface area contributed by atoms with Crippen LogP contribution in [0.25, 0.3) is 0 Å². The van der Waals surface area contributed by atoms with E-state index < -0.39 is 0 Å². The minimum atomic E-state index is 0.104. The van der Waals surface area contributed by atoms with Crippen molar-refractivity contribution in [1.29, 1.82) is 5.26 Å². The van der Waals surface area contributed by atoms with Gasteiger partial charge in [-0.3, -0.25) is 4.79 Å². The van der Waals surface area contributed by atoms with Crippen LogP contribution in [0.5, 0.6) is 0 Å². The molecule has 0 aromatic carbocycles. The molecule has 1 aliphatic carbocycles. The highest BCUT2D eigenvalue weighted by Crippen LogP contribution is 2.32. The molecule has 1 aromatic heterocycles. The lowest BCUT2D eigenvalue weighted by molar-refractivity contribution is -0.134. The van der Waals surface area contributed by atoms with Crippen LogP contribution in [0.3, 0.4) is 0 Å². The van der Waals surface area contributed by atoms with Crippen LogP contribution in [-0.2, 0) is 4.79 Å². The molecule has 1 aliphatic heterocycles. The second kappa shape index (κ2) is 5.49. The van der Waals surface area contributed by atoms with Gasteiger partial charge in [0.1, 0.15) is 11.6 Å². The number of carbonyl (C=O) groups excluding carboxylic acids is 1. The highest BCUT2D eigenvalue weighted by Gasteiger charge is 2.37. The van der Waals surface area contributed by atoms with Crippen LogP contribution < -0.4 is 4.90 Å². The van der Waals surface area contributed by atoms with Gasteiger partial charge in [-0.15, -0.1) is 0 Å². The molecule has 0 spiro atoms. The van der Waals surface area contributed by atoms with Gasteiger partial charge >= 0.3 is 0 Å². The van der Waals surface area contributed by atoms with Gasteiger partial charge < -0.3 is 9.80 Å². The van der Waals surface area contributed by atoms with Gasteiger partial charge in [-0.1, -0.05) is 0 Å². The lowest BCUT2D eigenvalue weighted by atomic mass is 10.1. The molecule has 21 heavy (non-hydrogen) atoms. The zero-order valence-corrected chi connectivity index (χ0v) is 12.5. The second-order valence-corrected chi connectivity index (χ2v) is 5.93. The summed E-state index contributed by atoms with van der Waals surface area (Å²) in [7, 11) is 0. The van der Waals surface area contributed by atoms with Crippen LogP contribution in [0.4, 0.5) is 5.82 Å². The topological polar surface area (TPSA) is 73.1 Å². The largest absolute Gasteiger partial charge is 0.352 e. The third-order valence-electron chi connectivity index (χ3n) is 4.00. The van der Waals surface area contributed by atoms with Crippen molar-refractivity contribution >= 4 is 23.3 Å². The van der Waals surface area contributed by atoms with Crippen LogP contribution in [-0.4, -0.2) is 46.5 Å². The smallest absolute Gasteiger partial charge is 0.226 e. The lowest BCUT2D eigenvalue weighted by Gasteiger charge is -2.40. The van der Waals surface area contributed by atoms with Crippen molar-refractivity contribution in [2.45, 2.75) is 25.8 Å². The number of anilines is 1. The van der Waals surface area contributed by atoms with E-state index in [1.807, 2.05) is 16.7 Å². The van der Waals surface area contributed by atoms with Crippen LogP contribution in [0.2, 0.25) is 5.28 Å². The van der Waals surface area contributed by atoms with Crippen LogP contribution in [0, 0.1) is 17.2 Å². The van der Waals surface area contributed by atoms with E-state index in [2.05, 4.69) is 16.0 Å². The molecule has 6 nitrogen and oxygen atoms in total. The van der Waals surface area contributed by atoms with Gasteiger partial charge in [0.25, 0.3) is 0 Å². The molecule has 1 amide bonds. The number of piperazine rings is 1. The van der Waals surface area contributed by atoms with Crippen LogP contribution in [0.15, 0.2) is 6.20 Å². The van der Waals surface area contributed by atoms with E-state index in [9.17, 15) is 4.79 Å². The van der Waals surface area contributed by atoms with Gasteiger partial charge in [0.15, 0.2) is 5.82 Å². The van der Waals surface area contributed by atoms with Gasteiger partial charge in [-0.05, 0) is 31.4 Å². The first-order chi connectivity index (χ1) is 10.1. The molecule has 1 saturated carbocycles. The zero-order chi connectivity index (χ0) is 15.0. The Morgan fingerprint density at radius 1 is 1.48 bits per heavy atom. The Balaban J connectivity index is 1.76. The molecule has 7 heteroatoms. The molecule has 110 valence electrons. The van der Waals surface area contributed by atoms with Crippen molar-refractivity contribution in [2.75, 3.05) is 24.5 Å². The molecular formula is C14H16ClN5O. The highest BCUT2D eigenvalue weighted by molar-refractivity contribution is 6.28. The van der Waals surface area contributed by atoms with Gasteiger partial charge in [0.2, 0.25) is 11.2 Å². The normalized spacial score (nSPS) is 22.0. The minimum Gasteiger partial charge on any atom is -0.352 e. The number of amides is 1. The Bertz CT molecular complexity index is 610.